The van der Waals surface area contributed by atoms with Crippen molar-refractivity contribution in [2.45, 2.75) is 65.5 Å². The Hall–Kier alpha value is -2.11. The lowest BCUT2D eigenvalue weighted by Crippen LogP contribution is -2.43. The van der Waals surface area contributed by atoms with Gasteiger partial charge in [0.1, 0.15) is 6.10 Å². The molecule has 1 aromatic rings. The number of benzene rings is 1. The number of rotatable bonds is 7. The van der Waals surface area contributed by atoms with Gasteiger partial charge in [-0.15, -0.1) is 0 Å². The number of amides is 1. The molecule has 23 heavy (non-hydrogen) atoms. The number of hydrogen-bond donors (Lipinski definition) is 1. The van der Waals surface area contributed by atoms with Crippen molar-refractivity contribution >= 4 is 11.8 Å². The largest absolute Gasteiger partial charge is 0.441 e. The summed E-state index contributed by atoms with van der Waals surface area (Å²) in [6.07, 6.45) is 1.26. The summed E-state index contributed by atoms with van der Waals surface area (Å²) in [6.45, 7) is 9.44. The zero-order valence-corrected chi connectivity index (χ0v) is 14.5. The van der Waals surface area contributed by atoms with Crippen LogP contribution in [-0.2, 0) is 11.2 Å². The Labute approximate surface area is 137 Å². The fourth-order valence-electron chi connectivity index (χ4n) is 2.16. The van der Waals surface area contributed by atoms with Crippen molar-refractivity contribution in [3.05, 3.63) is 39.4 Å². The second-order valence-corrected chi connectivity index (χ2v) is 6.31. The average Bonchev–Trinajstić information content (AvgIpc) is 2.46. The van der Waals surface area contributed by atoms with Crippen LogP contribution in [0.25, 0.3) is 0 Å². The maximum absolute atomic E-state index is 12.0. The topological polar surface area (TPSA) is 81.5 Å². The molecule has 6 heteroatoms. The third kappa shape index (κ3) is 5.54. The van der Waals surface area contributed by atoms with Gasteiger partial charge in [0.2, 0.25) is 0 Å². The van der Waals surface area contributed by atoms with Crippen LogP contribution in [0.2, 0.25) is 0 Å². The van der Waals surface area contributed by atoms with E-state index in [4.69, 9.17) is 4.74 Å². The zero-order valence-electron chi connectivity index (χ0n) is 14.5. The summed E-state index contributed by atoms with van der Waals surface area (Å²) >= 11 is 0. The molecule has 0 aliphatic rings. The van der Waals surface area contributed by atoms with Crippen LogP contribution in [0.15, 0.2) is 18.2 Å². The Bertz CT molecular complexity index is 570. The Morgan fingerprint density at radius 2 is 2.04 bits per heavy atom. The van der Waals surface area contributed by atoms with Crippen molar-refractivity contribution in [1.29, 1.82) is 0 Å². The Kier molecular flexibility index (Phi) is 6.54. The molecule has 1 N–H and O–H groups in total. The fourth-order valence-corrected chi connectivity index (χ4v) is 2.16. The molecule has 0 bridgehead atoms. The molecule has 128 valence electrons. The van der Waals surface area contributed by atoms with Gasteiger partial charge < -0.3 is 10.1 Å². The van der Waals surface area contributed by atoms with Gasteiger partial charge in [-0.2, -0.15) is 0 Å². The molecule has 0 saturated carbocycles. The highest BCUT2D eigenvalue weighted by molar-refractivity contribution is 5.68. The highest BCUT2D eigenvalue weighted by Gasteiger charge is 2.25. The van der Waals surface area contributed by atoms with Gasteiger partial charge in [-0.25, -0.2) is 4.79 Å². The van der Waals surface area contributed by atoms with Gasteiger partial charge >= 0.3 is 6.09 Å². The molecule has 1 unspecified atom stereocenters. The van der Waals surface area contributed by atoms with Gasteiger partial charge in [-0.1, -0.05) is 26.3 Å². The smallest absolute Gasteiger partial charge is 0.408 e. The zero-order chi connectivity index (χ0) is 17.6. The quantitative estimate of drug-likeness (QED) is 0.591. The monoisotopic (exact) mass is 322 g/mol. The molecule has 1 aromatic carbocycles. The molecule has 1 amide bonds. The van der Waals surface area contributed by atoms with Gasteiger partial charge in [0, 0.05) is 11.6 Å². The van der Waals surface area contributed by atoms with E-state index in [0.29, 0.717) is 5.56 Å². The van der Waals surface area contributed by atoms with E-state index in [0.717, 1.165) is 24.8 Å². The molecule has 0 aliphatic carbocycles. The van der Waals surface area contributed by atoms with Gasteiger partial charge in [0.05, 0.1) is 10.5 Å². The Morgan fingerprint density at radius 1 is 1.39 bits per heavy atom. The summed E-state index contributed by atoms with van der Waals surface area (Å²) in [7, 11) is 0. The predicted molar refractivity (Wildman–Crippen MR) is 89.5 cm³/mol. The summed E-state index contributed by atoms with van der Waals surface area (Å²) in [6, 6.07) is 4.98. The minimum Gasteiger partial charge on any atom is -0.441 e. The van der Waals surface area contributed by atoms with E-state index >= 15 is 0 Å². The van der Waals surface area contributed by atoms with Crippen LogP contribution in [0, 0.1) is 10.1 Å². The Balaban J connectivity index is 2.96. The summed E-state index contributed by atoms with van der Waals surface area (Å²) in [5.41, 5.74) is 1.01. The van der Waals surface area contributed by atoms with Crippen molar-refractivity contribution in [2.24, 2.45) is 0 Å². The summed E-state index contributed by atoms with van der Waals surface area (Å²) in [5, 5.41) is 14.0. The van der Waals surface area contributed by atoms with Crippen molar-refractivity contribution in [3.8, 4) is 0 Å². The van der Waals surface area contributed by atoms with Gasteiger partial charge in [-0.05, 0) is 45.2 Å². The number of nitrogens with zero attached hydrogens (tertiary/aromatic N) is 1. The van der Waals surface area contributed by atoms with E-state index < -0.39 is 17.1 Å². The third-order valence-corrected chi connectivity index (χ3v) is 3.87. The number of carbonyl (C=O) groups excluding carboxylic acids is 1. The van der Waals surface area contributed by atoms with Crippen LogP contribution in [0.3, 0.4) is 0 Å². The molecule has 6 nitrogen and oxygen atoms in total. The number of aryl methyl sites for hydroxylation is 1. The number of nitro benzene ring substituents is 1. The number of hydrogen-bond acceptors (Lipinski definition) is 4. The molecule has 1 rings (SSSR count). The number of nitrogens with one attached hydrogen (secondary N) is 1. The first-order chi connectivity index (χ1) is 10.7. The number of carbonyl (C=O) groups is 1. The third-order valence-electron chi connectivity index (χ3n) is 3.87. The number of nitro groups is 1. The number of ether oxygens (including phenoxy) is 1. The lowest BCUT2D eigenvalue weighted by atomic mass is 10.0. The minimum absolute atomic E-state index is 0.0279. The molecule has 0 spiro atoms. The minimum atomic E-state index is -0.695. The van der Waals surface area contributed by atoms with E-state index in [-0.39, 0.29) is 11.2 Å². The number of alkyl carbamates (subject to hydrolysis) is 1. The van der Waals surface area contributed by atoms with Crippen molar-refractivity contribution in [1.82, 2.24) is 5.32 Å². The molecule has 0 aromatic heterocycles. The van der Waals surface area contributed by atoms with Crippen LogP contribution in [0.1, 0.15) is 64.7 Å². The molecule has 0 heterocycles. The molecule has 0 fully saturated rings. The van der Waals surface area contributed by atoms with E-state index in [2.05, 4.69) is 5.32 Å². The van der Waals surface area contributed by atoms with Crippen LogP contribution in [0.4, 0.5) is 10.5 Å². The van der Waals surface area contributed by atoms with Gasteiger partial charge in [0.15, 0.2) is 0 Å². The van der Waals surface area contributed by atoms with Crippen LogP contribution >= 0.6 is 0 Å². The summed E-state index contributed by atoms with van der Waals surface area (Å²) < 4.78 is 5.34. The molecule has 0 aliphatic heterocycles. The van der Waals surface area contributed by atoms with Crippen LogP contribution in [-0.4, -0.2) is 16.6 Å². The molecule has 0 saturated heterocycles. The first-order valence-corrected chi connectivity index (χ1v) is 7.96. The molecule has 1 atom stereocenters. The maximum Gasteiger partial charge on any atom is 0.408 e. The SMILES string of the molecule is CCCc1ccc([N+](=O)[O-])c(C(C)OC(=O)NC(C)(C)CC)c1. The van der Waals surface area contributed by atoms with Crippen molar-refractivity contribution < 1.29 is 14.5 Å². The molecule has 0 radical (unpaired) electrons. The average molecular weight is 322 g/mol. The lowest BCUT2D eigenvalue weighted by molar-refractivity contribution is -0.386. The molecular weight excluding hydrogens is 296 g/mol. The second kappa shape index (κ2) is 7.94. The highest BCUT2D eigenvalue weighted by atomic mass is 16.6. The van der Waals surface area contributed by atoms with Gasteiger partial charge in [-0.3, -0.25) is 10.1 Å². The predicted octanol–water partition coefficient (Wildman–Crippen LogP) is 4.52. The van der Waals surface area contributed by atoms with Crippen molar-refractivity contribution in [3.63, 3.8) is 0 Å². The summed E-state index contributed by atoms with van der Waals surface area (Å²) in [4.78, 5) is 22.8. The first-order valence-electron chi connectivity index (χ1n) is 7.96. The normalized spacial score (nSPS) is 12.6. The second-order valence-electron chi connectivity index (χ2n) is 6.31. The summed E-state index contributed by atoms with van der Waals surface area (Å²) in [5.74, 6) is 0. The lowest BCUT2D eigenvalue weighted by Gasteiger charge is -2.25. The standard InChI is InChI=1S/C17H26N2O4/c1-6-8-13-9-10-15(19(21)22)14(11-13)12(3)23-16(20)18-17(4,5)7-2/h9-12H,6-8H2,1-5H3,(H,18,20). The Morgan fingerprint density at radius 3 is 2.57 bits per heavy atom. The first kappa shape index (κ1) is 18.9. The fraction of sp³-hybridized carbons (Fsp3) is 0.588. The highest BCUT2D eigenvalue weighted by Crippen LogP contribution is 2.29. The van der Waals surface area contributed by atoms with E-state index in [1.54, 1.807) is 19.1 Å². The van der Waals surface area contributed by atoms with Crippen LogP contribution in [0.5, 0.6) is 0 Å². The molecular formula is C17H26N2O4. The van der Waals surface area contributed by atoms with Crippen molar-refractivity contribution in [2.75, 3.05) is 0 Å². The van der Waals surface area contributed by atoms with Gasteiger partial charge in [0.25, 0.3) is 5.69 Å². The van der Waals surface area contributed by atoms with E-state index in [9.17, 15) is 14.9 Å². The maximum atomic E-state index is 12.0. The van der Waals surface area contributed by atoms with E-state index in [1.807, 2.05) is 27.7 Å². The van der Waals surface area contributed by atoms with E-state index in [1.165, 1.54) is 6.07 Å². The van der Waals surface area contributed by atoms with Crippen LogP contribution < -0.4 is 5.32 Å².